The van der Waals surface area contributed by atoms with Crippen molar-refractivity contribution in [3.8, 4) is 0 Å². The molecule has 0 aliphatic carbocycles. The number of aryl methyl sites for hydroxylation is 1. The van der Waals surface area contributed by atoms with E-state index in [0.717, 1.165) is 29.7 Å². The van der Waals surface area contributed by atoms with Crippen LogP contribution in [-0.4, -0.2) is 48.8 Å². The van der Waals surface area contributed by atoms with Crippen LogP contribution in [0.25, 0.3) is 0 Å². The number of carbonyl (C=O) groups is 3. The highest BCUT2D eigenvalue weighted by molar-refractivity contribution is 6.01. The van der Waals surface area contributed by atoms with E-state index >= 15 is 0 Å². The molecule has 146 valence electrons. The monoisotopic (exact) mass is 371 g/mol. The molecule has 1 aromatic carbocycles. The Morgan fingerprint density at radius 1 is 1.19 bits per heavy atom. The van der Waals surface area contributed by atoms with E-state index < -0.39 is 0 Å². The molecule has 2 heterocycles. The van der Waals surface area contributed by atoms with Gasteiger partial charge in [-0.1, -0.05) is 12.1 Å². The van der Waals surface area contributed by atoms with Gasteiger partial charge in [-0.3, -0.25) is 14.4 Å². The van der Waals surface area contributed by atoms with Crippen LogP contribution in [-0.2, 0) is 14.4 Å². The largest absolute Gasteiger partial charge is 0.356 e. The number of hydrogen-bond acceptors (Lipinski definition) is 3. The summed E-state index contributed by atoms with van der Waals surface area (Å²) in [6.07, 6.45) is 2.08. The fourth-order valence-electron chi connectivity index (χ4n) is 4.04. The summed E-state index contributed by atoms with van der Waals surface area (Å²) in [5, 5.41) is 2.86. The number of benzene rings is 1. The van der Waals surface area contributed by atoms with E-state index in [4.69, 9.17) is 0 Å². The minimum absolute atomic E-state index is 0.00972. The van der Waals surface area contributed by atoms with Crippen LogP contribution in [0.4, 0.5) is 5.69 Å². The predicted molar refractivity (Wildman–Crippen MR) is 104 cm³/mol. The number of nitrogens with one attached hydrogen (secondary N) is 1. The summed E-state index contributed by atoms with van der Waals surface area (Å²) >= 11 is 0. The molecular weight excluding hydrogens is 342 g/mol. The summed E-state index contributed by atoms with van der Waals surface area (Å²) in [7, 11) is 0. The number of anilines is 1. The summed E-state index contributed by atoms with van der Waals surface area (Å²) in [5.41, 5.74) is 3.17. The molecule has 0 spiro atoms. The van der Waals surface area contributed by atoms with Crippen LogP contribution in [0.5, 0.6) is 0 Å². The lowest BCUT2D eigenvalue weighted by molar-refractivity contribution is -0.137. The molecule has 0 saturated carbocycles. The van der Waals surface area contributed by atoms with Crippen LogP contribution < -0.4 is 10.2 Å². The van der Waals surface area contributed by atoms with Crippen LogP contribution in [0.15, 0.2) is 18.2 Å². The fraction of sp³-hybridized carbons (Fsp3) is 0.571. The minimum Gasteiger partial charge on any atom is -0.356 e. The average Bonchev–Trinajstić information content (AvgIpc) is 3.03. The second-order valence-corrected chi connectivity index (χ2v) is 7.83. The number of hydrogen-bond donors (Lipinski definition) is 1. The Morgan fingerprint density at radius 3 is 2.56 bits per heavy atom. The topological polar surface area (TPSA) is 69.7 Å². The Kier molecular flexibility index (Phi) is 5.82. The molecule has 1 aromatic rings. The molecular formula is C21H29N3O3. The first-order valence-electron chi connectivity index (χ1n) is 9.76. The first-order valence-corrected chi connectivity index (χ1v) is 9.76. The first kappa shape index (κ1) is 19.4. The van der Waals surface area contributed by atoms with Crippen molar-refractivity contribution in [2.45, 2.75) is 40.0 Å². The molecule has 6 heteroatoms. The Balaban J connectivity index is 1.58. The lowest BCUT2D eigenvalue weighted by Gasteiger charge is -2.33. The third kappa shape index (κ3) is 4.31. The Labute approximate surface area is 160 Å². The molecule has 3 amide bonds. The van der Waals surface area contributed by atoms with Crippen molar-refractivity contribution < 1.29 is 14.4 Å². The smallest absolute Gasteiger partial charge is 0.228 e. The number of piperidine rings is 1. The molecule has 2 saturated heterocycles. The van der Waals surface area contributed by atoms with Crippen molar-refractivity contribution in [2.75, 3.05) is 31.1 Å². The van der Waals surface area contributed by atoms with Crippen molar-refractivity contribution in [3.05, 3.63) is 29.3 Å². The van der Waals surface area contributed by atoms with E-state index in [1.54, 1.807) is 4.90 Å². The standard InChI is InChI=1S/C21H29N3O3/c1-14-5-4-6-19(15(14)2)24-13-18(11-20(24)26)21(27)23-9-7-17(8-10-23)12-22-16(3)25/h4-6,17-18H,7-13H2,1-3H3,(H,22,25). The highest BCUT2D eigenvalue weighted by Gasteiger charge is 2.38. The van der Waals surface area contributed by atoms with Crippen molar-refractivity contribution in [1.29, 1.82) is 0 Å². The molecule has 1 N–H and O–H groups in total. The summed E-state index contributed by atoms with van der Waals surface area (Å²) in [6, 6.07) is 5.95. The lowest BCUT2D eigenvalue weighted by Crippen LogP contribution is -2.44. The lowest BCUT2D eigenvalue weighted by atomic mass is 9.95. The van der Waals surface area contributed by atoms with Crippen molar-refractivity contribution in [3.63, 3.8) is 0 Å². The zero-order valence-corrected chi connectivity index (χ0v) is 16.5. The normalized spacial score (nSPS) is 20.9. The van der Waals surface area contributed by atoms with E-state index in [9.17, 15) is 14.4 Å². The summed E-state index contributed by atoms with van der Waals surface area (Å²) in [5.74, 6) is 0.278. The van der Waals surface area contributed by atoms with Gasteiger partial charge in [-0.15, -0.1) is 0 Å². The molecule has 0 bridgehead atoms. The van der Waals surface area contributed by atoms with Gasteiger partial charge in [0.1, 0.15) is 0 Å². The van der Waals surface area contributed by atoms with Gasteiger partial charge in [0, 0.05) is 45.2 Å². The molecule has 3 rings (SSSR count). The molecule has 27 heavy (non-hydrogen) atoms. The maximum absolute atomic E-state index is 12.9. The molecule has 2 aliphatic heterocycles. The zero-order chi connectivity index (χ0) is 19.6. The van der Waals surface area contributed by atoms with Gasteiger partial charge < -0.3 is 15.1 Å². The number of carbonyl (C=O) groups excluding carboxylic acids is 3. The number of rotatable bonds is 4. The van der Waals surface area contributed by atoms with E-state index in [2.05, 4.69) is 5.32 Å². The SMILES string of the molecule is CC(=O)NCC1CCN(C(=O)C2CC(=O)N(c3cccc(C)c3C)C2)CC1. The molecule has 2 fully saturated rings. The molecule has 2 aliphatic rings. The van der Waals surface area contributed by atoms with E-state index in [-0.39, 0.29) is 30.1 Å². The molecule has 1 unspecified atom stereocenters. The van der Waals surface area contributed by atoms with Crippen molar-refractivity contribution in [1.82, 2.24) is 10.2 Å². The van der Waals surface area contributed by atoms with Gasteiger partial charge in [0.25, 0.3) is 0 Å². The Hall–Kier alpha value is -2.37. The van der Waals surface area contributed by atoms with Crippen LogP contribution in [0, 0.1) is 25.7 Å². The average molecular weight is 371 g/mol. The second kappa shape index (κ2) is 8.11. The number of nitrogens with zero attached hydrogens (tertiary/aromatic N) is 2. The highest BCUT2D eigenvalue weighted by Crippen LogP contribution is 2.31. The third-order valence-corrected chi connectivity index (χ3v) is 5.91. The van der Waals surface area contributed by atoms with Crippen molar-refractivity contribution in [2.24, 2.45) is 11.8 Å². The van der Waals surface area contributed by atoms with Gasteiger partial charge in [0.05, 0.1) is 5.92 Å². The molecule has 0 aromatic heterocycles. The van der Waals surface area contributed by atoms with Gasteiger partial charge in [-0.05, 0) is 49.8 Å². The minimum atomic E-state index is -0.260. The predicted octanol–water partition coefficient (Wildman–Crippen LogP) is 2.03. The number of amides is 3. The molecule has 6 nitrogen and oxygen atoms in total. The van der Waals surface area contributed by atoms with Gasteiger partial charge in [0.2, 0.25) is 17.7 Å². The maximum atomic E-state index is 12.9. The van der Waals surface area contributed by atoms with Gasteiger partial charge in [-0.25, -0.2) is 0 Å². The molecule has 1 atom stereocenters. The van der Waals surface area contributed by atoms with Crippen LogP contribution >= 0.6 is 0 Å². The van der Waals surface area contributed by atoms with E-state index in [0.29, 0.717) is 32.1 Å². The second-order valence-electron chi connectivity index (χ2n) is 7.83. The number of likely N-dealkylation sites (tertiary alicyclic amines) is 1. The Morgan fingerprint density at radius 2 is 1.89 bits per heavy atom. The van der Waals surface area contributed by atoms with Crippen LogP contribution in [0.3, 0.4) is 0 Å². The third-order valence-electron chi connectivity index (χ3n) is 5.91. The van der Waals surface area contributed by atoms with Crippen LogP contribution in [0.2, 0.25) is 0 Å². The van der Waals surface area contributed by atoms with Gasteiger partial charge in [0.15, 0.2) is 0 Å². The highest BCUT2D eigenvalue weighted by atomic mass is 16.2. The summed E-state index contributed by atoms with van der Waals surface area (Å²) < 4.78 is 0. The quantitative estimate of drug-likeness (QED) is 0.880. The summed E-state index contributed by atoms with van der Waals surface area (Å²) in [6.45, 7) is 8.14. The van der Waals surface area contributed by atoms with E-state index in [1.807, 2.05) is 36.9 Å². The maximum Gasteiger partial charge on any atom is 0.228 e. The van der Waals surface area contributed by atoms with E-state index in [1.165, 1.54) is 6.92 Å². The first-order chi connectivity index (χ1) is 12.9. The molecule has 0 radical (unpaired) electrons. The Bertz CT molecular complexity index is 738. The van der Waals surface area contributed by atoms with Gasteiger partial charge in [-0.2, -0.15) is 0 Å². The van der Waals surface area contributed by atoms with Crippen molar-refractivity contribution >= 4 is 23.4 Å². The fourth-order valence-corrected chi connectivity index (χ4v) is 4.04. The summed E-state index contributed by atoms with van der Waals surface area (Å²) in [4.78, 5) is 40.2. The van der Waals surface area contributed by atoms with Crippen LogP contribution in [0.1, 0.15) is 37.3 Å². The van der Waals surface area contributed by atoms with Gasteiger partial charge >= 0.3 is 0 Å². The zero-order valence-electron chi connectivity index (χ0n) is 16.5.